The molecule has 0 unspecified atom stereocenters. The molecule has 152 valence electrons. The van der Waals surface area contributed by atoms with Gasteiger partial charge in [-0.05, 0) is 38.0 Å². The quantitative estimate of drug-likeness (QED) is 0.455. The van der Waals surface area contributed by atoms with Gasteiger partial charge < -0.3 is 10.6 Å². The van der Waals surface area contributed by atoms with Crippen LogP contribution in [0.15, 0.2) is 48.9 Å². The van der Waals surface area contributed by atoms with E-state index in [1.807, 2.05) is 19.1 Å². The first-order chi connectivity index (χ1) is 14.5. The molecule has 0 aliphatic rings. The van der Waals surface area contributed by atoms with Crippen LogP contribution in [0.1, 0.15) is 22.4 Å². The fourth-order valence-electron chi connectivity index (χ4n) is 3.35. The normalized spacial score (nSPS) is 10.9. The summed E-state index contributed by atoms with van der Waals surface area (Å²) < 4.78 is 0. The first kappa shape index (κ1) is 20.0. The Morgan fingerprint density at radius 3 is 2.57 bits per heavy atom. The molecular formula is C23H23N5OS. The first-order valence-electron chi connectivity index (χ1n) is 9.79. The molecule has 0 bridgehead atoms. The van der Waals surface area contributed by atoms with Gasteiger partial charge >= 0.3 is 0 Å². The van der Waals surface area contributed by atoms with E-state index in [0.717, 1.165) is 32.7 Å². The van der Waals surface area contributed by atoms with Crippen molar-refractivity contribution in [2.75, 3.05) is 17.2 Å². The molecular weight excluding hydrogens is 394 g/mol. The van der Waals surface area contributed by atoms with Gasteiger partial charge in [0.2, 0.25) is 5.91 Å². The minimum Gasteiger partial charge on any atom is -0.369 e. The molecule has 6 nitrogen and oxygen atoms in total. The molecule has 7 heteroatoms. The third-order valence-electron chi connectivity index (χ3n) is 4.92. The Labute approximate surface area is 179 Å². The van der Waals surface area contributed by atoms with Crippen LogP contribution in [-0.2, 0) is 4.79 Å². The number of nitrogens with one attached hydrogen (secondary N) is 2. The molecule has 0 aliphatic carbocycles. The van der Waals surface area contributed by atoms with Crippen molar-refractivity contribution in [1.29, 1.82) is 0 Å². The predicted octanol–water partition coefficient (Wildman–Crippen LogP) is 5.12. The molecule has 0 fully saturated rings. The Kier molecular flexibility index (Phi) is 5.72. The average Bonchev–Trinajstić information content (AvgIpc) is 3.07. The Bertz CT molecular complexity index is 1200. The Morgan fingerprint density at radius 1 is 1.00 bits per heavy atom. The van der Waals surface area contributed by atoms with Gasteiger partial charge in [-0.25, -0.2) is 15.0 Å². The summed E-state index contributed by atoms with van der Waals surface area (Å²) in [6, 6.07) is 12.2. The van der Waals surface area contributed by atoms with E-state index in [1.54, 1.807) is 23.9 Å². The van der Waals surface area contributed by atoms with Crippen molar-refractivity contribution in [2.45, 2.75) is 27.2 Å². The van der Waals surface area contributed by atoms with Gasteiger partial charge in [0.1, 0.15) is 22.8 Å². The van der Waals surface area contributed by atoms with Crippen molar-refractivity contribution in [3.05, 3.63) is 64.9 Å². The highest BCUT2D eigenvalue weighted by Gasteiger charge is 2.17. The number of carbonyl (C=O) groups is 1. The number of thiophene rings is 1. The third kappa shape index (κ3) is 4.16. The summed E-state index contributed by atoms with van der Waals surface area (Å²) in [5.74, 6) is 1.26. The van der Waals surface area contributed by atoms with E-state index in [1.165, 1.54) is 10.4 Å². The molecule has 0 aliphatic heterocycles. The molecule has 1 aromatic carbocycles. The van der Waals surface area contributed by atoms with E-state index in [2.05, 4.69) is 63.7 Å². The maximum atomic E-state index is 12.3. The van der Waals surface area contributed by atoms with Gasteiger partial charge in [-0.15, -0.1) is 11.3 Å². The zero-order chi connectivity index (χ0) is 21.1. The molecule has 3 heterocycles. The standard InChI is InChI=1S/C23H23N5OS/c1-14-6-8-17(9-7-14)19-16(3)30-23-20(19)22(26-13-27-23)25-12-10-18(29)28-21-15(2)5-4-11-24-21/h4-9,11,13H,10,12H2,1-3H3,(H,24,28,29)(H,25,26,27). The number of aromatic nitrogens is 3. The van der Waals surface area contributed by atoms with Crippen LogP contribution in [0, 0.1) is 20.8 Å². The summed E-state index contributed by atoms with van der Waals surface area (Å²) in [5, 5.41) is 7.19. The lowest BCUT2D eigenvalue weighted by molar-refractivity contribution is -0.116. The van der Waals surface area contributed by atoms with Crippen LogP contribution in [0.25, 0.3) is 21.3 Å². The summed E-state index contributed by atoms with van der Waals surface area (Å²) in [7, 11) is 0. The minimum absolute atomic E-state index is 0.0881. The molecule has 4 aromatic rings. The Hall–Kier alpha value is -3.32. The van der Waals surface area contributed by atoms with Crippen molar-refractivity contribution >= 4 is 39.1 Å². The molecule has 0 spiro atoms. The van der Waals surface area contributed by atoms with Gasteiger partial charge in [-0.2, -0.15) is 0 Å². The molecule has 3 aromatic heterocycles. The number of pyridine rings is 1. The molecule has 4 rings (SSSR count). The van der Waals surface area contributed by atoms with Crippen molar-refractivity contribution < 1.29 is 4.79 Å². The summed E-state index contributed by atoms with van der Waals surface area (Å²) >= 11 is 1.66. The monoisotopic (exact) mass is 417 g/mol. The lowest BCUT2D eigenvalue weighted by Gasteiger charge is -2.10. The molecule has 0 saturated heterocycles. The number of hydrogen-bond donors (Lipinski definition) is 2. The number of rotatable bonds is 6. The van der Waals surface area contributed by atoms with E-state index in [4.69, 9.17) is 0 Å². The molecule has 0 atom stereocenters. The predicted molar refractivity (Wildman–Crippen MR) is 123 cm³/mol. The lowest BCUT2D eigenvalue weighted by Crippen LogP contribution is -2.18. The fourth-order valence-corrected chi connectivity index (χ4v) is 4.36. The van der Waals surface area contributed by atoms with Crippen LogP contribution < -0.4 is 10.6 Å². The molecule has 0 saturated carbocycles. The zero-order valence-electron chi connectivity index (χ0n) is 17.2. The van der Waals surface area contributed by atoms with E-state index < -0.39 is 0 Å². The van der Waals surface area contributed by atoms with Gasteiger partial charge in [0.25, 0.3) is 0 Å². The summed E-state index contributed by atoms with van der Waals surface area (Å²) in [5.41, 5.74) is 4.45. The third-order valence-corrected chi connectivity index (χ3v) is 5.93. The summed E-state index contributed by atoms with van der Waals surface area (Å²) in [6.45, 7) is 6.57. The second-order valence-corrected chi connectivity index (χ2v) is 8.40. The summed E-state index contributed by atoms with van der Waals surface area (Å²) in [4.78, 5) is 27.6. The Balaban J connectivity index is 1.52. The molecule has 1 amide bonds. The summed E-state index contributed by atoms with van der Waals surface area (Å²) in [6.07, 6.45) is 3.55. The topological polar surface area (TPSA) is 79.8 Å². The van der Waals surface area contributed by atoms with Gasteiger partial charge in [-0.3, -0.25) is 4.79 Å². The number of carbonyl (C=O) groups excluding carboxylic acids is 1. The van der Waals surface area contributed by atoms with Crippen molar-refractivity contribution in [1.82, 2.24) is 15.0 Å². The van der Waals surface area contributed by atoms with E-state index >= 15 is 0 Å². The zero-order valence-corrected chi connectivity index (χ0v) is 18.0. The number of aryl methyl sites for hydroxylation is 3. The average molecular weight is 418 g/mol. The van der Waals surface area contributed by atoms with Crippen molar-refractivity contribution in [2.24, 2.45) is 0 Å². The number of benzene rings is 1. The van der Waals surface area contributed by atoms with Crippen LogP contribution in [-0.4, -0.2) is 27.4 Å². The van der Waals surface area contributed by atoms with Crippen LogP contribution >= 0.6 is 11.3 Å². The number of nitrogens with zero attached hydrogens (tertiary/aromatic N) is 3. The maximum absolute atomic E-state index is 12.3. The first-order valence-corrected chi connectivity index (χ1v) is 10.6. The van der Waals surface area contributed by atoms with E-state index in [-0.39, 0.29) is 5.91 Å². The fraction of sp³-hybridized carbons (Fsp3) is 0.217. The Morgan fingerprint density at radius 2 is 1.80 bits per heavy atom. The highest BCUT2D eigenvalue weighted by Crippen LogP contribution is 2.40. The minimum atomic E-state index is -0.0881. The molecule has 0 radical (unpaired) electrons. The highest BCUT2D eigenvalue weighted by molar-refractivity contribution is 7.19. The second kappa shape index (κ2) is 8.59. The maximum Gasteiger partial charge on any atom is 0.227 e. The number of fused-ring (bicyclic) bond motifs is 1. The number of amides is 1. The SMILES string of the molecule is Cc1ccc(-c2c(C)sc3ncnc(NCCC(=O)Nc4ncccc4C)c23)cc1. The molecule has 2 N–H and O–H groups in total. The second-order valence-electron chi connectivity index (χ2n) is 7.20. The van der Waals surface area contributed by atoms with E-state index in [9.17, 15) is 4.79 Å². The van der Waals surface area contributed by atoms with Gasteiger partial charge in [-0.1, -0.05) is 35.9 Å². The van der Waals surface area contributed by atoms with Crippen molar-refractivity contribution in [3.63, 3.8) is 0 Å². The van der Waals surface area contributed by atoms with Crippen molar-refractivity contribution in [3.8, 4) is 11.1 Å². The van der Waals surface area contributed by atoms with Crippen LogP contribution in [0.3, 0.4) is 0 Å². The number of hydrogen-bond acceptors (Lipinski definition) is 6. The van der Waals surface area contributed by atoms with Gasteiger partial charge in [0.05, 0.1) is 5.39 Å². The largest absolute Gasteiger partial charge is 0.369 e. The van der Waals surface area contributed by atoms with Gasteiger partial charge in [0.15, 0.2) is 0 Å². The smallest absolute Gasteiger partial charge is 0.227 e. The van der Waals surface area contributed by atoms with Crippen LogP contribution in [0.4, 0.5) is 11.6 Å². The van der Waals surface area contributed by atoms with Crippen LogP contribution in [0.5, 0.6) is 0 Å². The van der Waals surface area contributed by atoms with Gasteiger partial charge in [0, 0.05) is 29.6 Å². The molecule has 30 heavy (non-hydrogen) atoms. The van der Waals surface area contributed by atoms with E-state index in [0.29, 0.717) is 18.8 Å². The highest BCUT2D eigenvalue weighted by atomic mass is 32.1. The number of anilines is 2. The lowest BCUT2D eigenvalue weighted by atomic mass is 10.0. The van der Waals surface area contributed by atoms with Crippen LogP contribution in [0.2, 0.25) is 0 Å².